The SMILES string of the molecule is CCC(C)Cc1c(C)sc2nc(SCC(=O)Nc3cccnc3Cl)[nH]c(=O)c12. The first kappa shape index (κ1) is 20.8. The number of H-pyrrole nitrogens is 1. The van der Waals surface area contributed by atoms with Gasteiger partial charge in [0.05, 0.1) is 16.8 Å². The van der Waals surface area contributed by atoms with Crippen molar-refractivity contribution in [2.24, 2.45) is 5.92 Å². The fourth-order valence-electron chi connectivity index (χ4n) is 2.76. The predicted molar refractivity (Wildman–Crippen MR) is 117 cm³/mol. The normalized spacial score (nSPS) is 12.3. The van der Waals surface area contributed by atoms with Crippen LogP contribution >= 0.6 is 34.7 Å². The maximum absolute atomic E-state index is 12.7. The molecule has 0 aliphatic heterocycles. The summed E-state index contributed by atoms with van der Waals surface area (Å²) in [6.07, 6.45) is 3.48. The van der Waals surface area contributed by atoms with E-state index in [9.17, 15) is 9.59 Å². The average Bonchev–Trinajstić information content (AvgIpc) is 2.97. The van der Waals surface area contributed by atoms with Gasteiger partial charge in [0, 0.05) is 11.1 Å². The van der Waals surface area contributed by atoms with E-state index < -0.39 is 0 Å². The first-order valence-electron chi connectivity index (χ1n) is 8.94. The van der Waals surface area contributed by atoms with E-state index in [1.54, 1.807) is 18.3 Å². The quantitative estimate of drug-likeness (QED) is 0.319. The number of hydrogen-bond acceptors (Lipinski definition) is 6. The molecule has 1 atom stereocenters. The topological polar surface area (TPSA) is 87.7 Å². The maximum Gasteiger partial charge on any atom is 0.260 e. The summed E-state index contributed by atoms with van der Waals surface area (Å²) < 4.78 is 0. The number of amides is 1. The molecule has 0 spiro atoms. The van der Waals surface area contributed by atoms with Crippen molar-refractivity contribution in [1.82, 2.24) is 15.0 Å². The van der Waals surface area contributed by atoms with Gasteiger partial charge in [0.15, 0.2) is 10.3 Å². The second-order valence-electron chi connectivity index (χ2n) is 6.58. The van der Waals surface area contributed by atoms with Crippen LogP contribution in [0.2, 0.25) is 5.15 Å². The summed E-state index contributed by atoms with van der Waals surface area (Å²) in [5.74, 6) is 0.361. The number of aryl methyl sites for hydroxylation is 1. The number of carbonyl (C=O) groups excluding carboxylic acids is 1. The minimum absolute atomic E-state index is 0.101. The van der Waals surface area contributed by atoms with Crippen LogP contribution in [0.4, 0.5) is 5.69 Å². The van der Waals surface area contributed by atoms with Crippen molar-refractivity contribution in [3.05, 3.63) is 44.3 Å². The Balaban J connectivity index is 1.75. The Bertz CT molecular complexity index is 1060. The van der Waals surface area contributed by atoms with Crippen LogP contribution in [-0.2, 0) is 11.2 Å². The van der Waals surface area contributed by atoms with E-state index in [2.05, 4.69) is 34.1 Å². The molecule has 0 aromatic carbocycles. The lowest BCUT2D eigenvalue weighted by Gasteiger charge is -2.08. The Morgan fingerprint density at radius 1 is 1.46 bits per heavy atom. The minimum atomic E-state index is -0.248. The zero-order chi connectivity index (χ0) is 20.3. The summed E-state index contributed by atoms with van der Waals surface area (Å²) in [4.78, 5) is 37.9. The van der Waals surface area contributed by atoms with Crippen LogP contribution < -0.4 is 10.9 Å². The van der Waals surface area contributed by atoms with Gasteiger partial charge < -0.3 is 10.3 Å². The molecule has 3 aromatic rings. The highest BCUT2D eigenvalue weighted by atomic mass is 35.5. The number of halogens is 1. The highest BCUT2D eigenvalue weighted by Crippen LogP contribution is 2.30. The van der Waals surface area contributed by atoms with Crippen molar-refractivity contribution in [3.63, 3.8) is 0 Å². The van der Waals surface area contributed by atoms with Gasteiger partial charge in [0.2, 0.25) is 5.91 Å². The molecular formula is C19H21ClN4O2S2. The Morgan fingerprint density at radius 3 is 2.96 bits per heavy atom. The van der Waals surface area contributed by atoms with Gasteiger partial charge in [0.25, 0.3) is 5.56 Å². The monoisotopic (exact) mass is 436 g/mol. The van der Waals surface area contributed by atoms with Crippen LogP contribution in [0, 0.1) is 12.8 Å². The third-order valence-corrected chi connectivity index (χ3v) is 6.68. The van der Waals surface area contributed by atoms with Crippen molar-refractivity contribution in [3.8, 4) is 0 Å². The zero-order valence-electron chi connectivity index (χ0n) is 15.8. The van der Waals surface area contributed by atoms with E-state index in [-0.39, 0.29) is 22.4 Å². The first-order chi connectivity index (χ1) is 13.4. The maximum atomic E-state index is 12.7. The van der Waals surface area contributed by atoms with Crippen LogP contribution in [-0.4, -0.2) is 26.6 Å². The van der Waals surface area contributed by atoms with E-state index in [0.29, 0.717) is 22.1 Å². The molecule has 0 aliphatic carbocycles. The minimum Gasteiger partial charge on any atom is -0.323 e. The lowest BCUT2D eigenvalue weighted by Crippen LogP contribution is -2.16. The number of anilines is 1. The molecule has 0 saturated carbocycles. The molecule has 148 valence electrons. The van der Waals surface area contributed by atoms with Crippen LogP contribution in [0.15, 0.2) is 28.3 Å². The number of pyridine rings is 1. The van der Waals surface area contributed by atoms with Crippen LogP contribution in [0.1, 0.15) is 30.7 Å². The van der Waals surface area contributed by atoms with Crippen molar-refractivity contribution < 1.29 is 4.79 Å². The van der Waals surface area contributed by atoms with E-state index in [1.807, 2.05) is 6.92 Å². The molecule has 0 fully saturated rings. The van der Waals surface area contributed by atoms with Gasteiger partial charge in [0.1, 0.15) is 4.83 Å². The number of thioether (sulfide) groups is 1. The third-order valence-electron chi connectivity index (χ3n) is 4.46. The fourth-order valence-corrected chi connectivity index (χ4v) is 4.70. The van der Waals surface area contributed by atoms with Gasteiger partial charge in [-0.1, -0.05) is 43.6 Å². The molecule has 3 rings (SSSR count). The average molecular weight is 437 g/mol. The molecule has 1 amide bonds. The number of hydrogen-bond donors (Lipinski definition) is 2. The van der Waals surface area contributed by atoms with Crippen LogP contribution in [0.3, 0.4) is 0 Å². The van der Waals surface area contributed by atoms with Gasteiger partial charge in [-0.05, 0) is 37.0 Å². The second kappa shape index (κ2) is 9.07. The van der Waals surface area contributed by atoms with Crippen molar-refractivity contribution in [1.29, 1.82) is 0 Å². The molecule has 6 nitrogen and oxygen atoms in total. The largest absolute Gasteiger partial charge is 0.323 e. The van der Waals surface area contributed by atoms with Gasteiger partial charge in [-0.3, -0.25) is 9.59 Å². The molecule has 0 saturated heterocycles. The lowest BCUT2D eigenvalue weighted by atomic mass is 9.98. The molecule has 3 aromatic heterocycles. The van der Waals surface area contributed by atoms with Gasteiger partial charge in [-0.2, -0.15) is 0 Å². The molecule has 9 heteroatoms. The number of nitrogens with one attached hydrogen (secondary N) is 2. The van der Waals surface area contributed by atoms with Crippen molar-refractivity contribution >= 4 is 56.5 Å². The van der Waals surface area contributed by atoms with Gasteiger partial charge in [-0.25, -0.2) is 9.97 Å². The number of carbonyl (C=O) groups is 1. The Kier molecular flexibility index (Phi) is 6.74. The third kappa shape index (κ3) is 4.74. The molecule has 0 aliphatic rings. The highest BCUT2D eigenvalue weighted by molar-refractivity contribution is 7.99. The van der Waals surface area contributed by atoms with E-state index in [1.165, 1.54) is 23.1 Å². The number of rotatable bonds is 7. The Labute approximate surface area is 176 Å². The van der Waals surface area contributed by atoms with Crippen molar-refractivity contribution in [2.75, 3.05) is 11.1 Å². The predicted octanol–water partition coefficient (Wildman–Crippen LogP) is 4.66. The molecule has 28 heavy (non-hydrogen) atoms. The summed E-state index contributed by atoms with van der Waals surface area (Å²) in [6, 6.07) is 3.37. The number of aromatic nitrogens is 3. The number of aromatic amines is 1. The molecule has 1 unspecified atom stereocenters. The Hall–Kier alpha value is -1.90. The molecule has 2 N–H and O–H groups in total. The summed E-state index contributed by atoms with van der Waals surface area (Å²) in [7, 11) is 0. The summed E-state index contributed by atoms with van der Waals surface area (Å²) >= 11 is 8.65. The number of nitrogens with zero attached hydrogens (tertiary/aromatic N) is 2. The zero-order valence-corrected chi connectivity index (χ0v) is 18.2. The van der Waals surface area contributed by atoms with E-state index in [4.69, 9.17) is 11.6 Å². The highest BCUT2D eigenvalue weighted by Gasteiger charge is 2.17. The van der Waals surface area contributed by atoms with Gasteiger partial charge >= 0.3 is 0 Å². The van der Waals surface area contributed by atoms with Gasteiger partial charge in [-0.15, -0.1) is 11.3 Å². The standard InChI is InChI=1S/C19H21ClN4O2S2/c1-4-10(2)8-12-11(3)28-18-15(12)17(26)23-19(24-18)27-9-14(25)22-13-6-5-7-21-16(13)20/h5-7,10H,4,8-9H2,1-3H3,(H,22,25)(H,23,24,26). The molecule has 0 bridgehead atoms. The summed E-state index contributed by atoms with van der Waals surface area (Å²) in [5, 5.41) is 4.05. The molecule has 0 radical (unpaired) electrons. The van der Waals surface area contributed by atoms with E-state index >= 15 is 0 Å². The number of thiophene rings is 1. The lowest BCUT2D eigenvalue weighted by molar-refractivity contribution is -0.113. The second-order valence-corrected chi connectivity index (χ2v) is 9.11. The molecule has 3 heterocycles. The summed E-state index contributed by atoms with van der Waals surface area (Å²) in [5.41, 5.74) is 1.39. The van der Waals surface area contributed by atoms with Crippen LogP contribution in [0.5, 0.6) is 0 Å². The van der Waals surface area contributed by atoms with Crippen LogP contribution in [0.25, 0.3) is 10.2 Å². The Morgan fingerprint density at radius 2 is 2.25 bits per heavy atom. The number of fused-ring (bicyclic) bond motifs is 1. The molecular weight excluding hydrogens is 416 g/mol. The van der Waals surface area contributed by atoms with E-state index in [0.717, 1.165) is 28.1 Å². The smallest absolute Gasteiger partial charge is 0.260 e. The first-order valence-corrected chi connectivity index (χ1v) is 11.1. The summed E-state index contributed by atoms with van der Waals surface area (Å²) in [6.45, 7) is 6.36. The van der Waals surface area contributed by atoms with Crippen molar-refractivity contribution in [2.45, 2.75) is 38.8 Å². The fraction of sp³-hybridized carbons (Fsp3) is 0.368.